The number of sulfonamides is 1. The van der Waals surface area contributed by atoms with E-state index >= 15 is 0 Å². The molecule has 1 aliphatic heterocycles. The summed E-state index contributed by atoms with van der Waals surface area (Å²) in [5.41, 5.74) is 1.28. The maximum atomic E-state index is 12.9. The van der Waals surface area contributed by atoms with Gasteiger partial charge >= 0.3 is 0 Å². The van der Waals surface area contributed by atoms with E-state index < -0.39 is 10.0 Å². The summed E-state index contributed by atoms with van der Waals surface area (Å²) in [5.74, 6) is -0.823. The van der Waals surface area contributed by atoms with Crippen molar-refractivity contribution < 1.29 is 13.2 Å². The van der Waals surface area contributed by atoms with Crippen LogP contribution in [-0.4, -0.2) is 36.7 Å². The van der Waals surface area contributed by atoms with Gasteiger partial charge in [-0.05, 0) is 36.6 Å². The van der Waals surface area contributed by atoms with Gasteiger partial charge in [-0.2, -0.15) is 0 Å². The van der Waals surface area contributed by atoms with E-state index in [1.807, 2.05) is 6.07 Å². The maximum absolute atomic E-state index is 12.9. The summed E-state index contributed by atoms with van der Waals surface area (Å²) < 4.78 is 27.1. The average molecular weight is 442 g/mol. The van der Waals surface area contributed by atoms with Crippen molar-refractivity contribution in [1.29, 1.82) is 0 Å². The third-order valence-electron chi connectivity index (χ3n) is 4.73. The molecule has 2 heterocycles. The molecule has 28 heavy (non-hydrogen) atoms. The van der Waals surface area contributed by atoms with Gasteiger partial charge in [-0.15, -0.1) is 0 Å². The van der Waals surface area contributed by atoms with Crippen molar-refractivity contribution in [3.8, 4) is 0 Å². The van der Waals surface area contributed by atoms with Gasteiger partial charge in [0, 0.05) is 47.6 Å². The maximum Gasteiger partial charge on any atom is 0.224 e. The molecule has 1 amide bonds. The second-order valence-electron chi connectivity index (χ2n) is 6.73. The monoisotopic (exact) mass is 441 g/mol. The number of aromatic nitrogens is 1. The van der Waals surface area contributed by atoms with Gasteiger partial charge in [-0.3, -0.25) is 9.78 Å². The SMILES string of the molecule is O=C(NCc1cccnc1)[C@H]1CCCN(S(=O)(=O)Cc2c(Cl)cccc2Cl)C1. The van der Waals surface area contributed by atoms with Gasteiger partial charge in [0.25, 0.3) is 0 Å². The largest absolute Gasteiger partial charge is 0.352 e. The number of amides is 1. The zero-order valence-corrected chi connectivity index (χ0v) is 17.5. The van der Waals surface area contributed by atoms with Crippen LogP contribution in [0.15, 0.2) is 42.7 Å². The Kier molecular flexibility index (Phi) is 6.93. The van der Waals surface area contributed by atoms with Gasteiger partial charge in [-0.1, -0.05) is 35.3 Å². The lowest BCUT2D eigenvalue weighted by atomic mass is 9.99. The van der Waals surface area contributed by atoms with E-state index in [1.165, 1.54) is 4.31 Å². The number of nitrogens with one attached hydrogen (secondary N) is 1. The number of piperidine rings is 1. The van der Waals surface area contributed by atoms with Gasteiger partial charge in [0.1, 0.15) is 0 Å². The molecule has 150 valence electrons. The number of hydrogen-bond donors (Lipinski definition) is 1. The highest BCUT2D eigenvalue weighted by atomic mass is 35.5. The summed E-state index contributed by atoms with van der Waals surface area (Å²) in [5, 5.41) is 3.50. The summed E-state index contributed by atoms with van der Waals surface area (Å²) in [6.07, 6.45) is 4.63. The Hall–Kier alpha value is -1.67. The van der Waals surface area contributed by atoms with Gasteiger partial charge in [-0.25, -0.2) is 12.7 Å². The van der Waals surface area contributed by atoms with Gasteiger partial charge < -0.3 is 5.32 Å². The minimum Gasteiger partial charge on any atom is -0.352 e. The lowest BCUT2D eigenvalue weighted by Crippen LogP contribution is -2.45. The number of rotatable bonds is 6. The van der Waals surface area contributed by atoms with Gasteiger partial charge in [0.2, 0.25) is 15.9 Å². The van der Waals surface area contributed by atoms with E-state index in [4.69, 9.17) is 23.2 Å². The molecular weight excluding hydrogens is 421 g/mol. The standard InChI is InChI=1S/C19H21Cl2N3O3S/c20-17-6-1-7-18(21)16(17)13-28(26,27)24-9-3-5-15(12-24)19(25)23-11-14-4-2-8-22-10-14/h1-2,4,6-8,10,15H,3,5,9,11-13H2,(H,23,25)/t15-/m0/s1. The summed E-state index contributed by atoms with van der Waals surface area (Å²) in [7, 11) is -3.64. The summed E-state index contributed by atoms with van der Waals surface area (Å²) >= 11 is 12.2. The number of benzene rings is 1. The Balaban J connectivity index is 1.64. The number of nitrogens with zero attached hydrogens (tertiary/aromatic N) is 2. The smallest absolute Gasteiger partial charge is 0.224 e. The third-order valence-corrected chi connectivity index (χ3v) is 7.21. The zero-order chi connectivity index (χ0) is 20.1. The predicted octanol–water partition coefficient (Wildman–Crippen LogP) is 3.25. The Morgan fingerprint density at radius 1 is 1.21 bits per heavy atom. The fraction of sp³-hybridized carbons (Fsp3) is 0.368. The Labute approximate surface area is 174 Å². The zero-order valence-electron chi connectivity index (χ0n) is 15.1. The Morgan fingerprint density at radius 3 is 2.64 bits per heavy atom. The lowest BCUT2D eigenvalue weighted by molar-refractivity contribution is -0.126. The van der Waals surface area contributed by atoms with Crippen LogP contribution in [0, 0.1) is 5.92 Å². The fourth-order valence-electron chi connectivity index (χ4n) is 3.19. The first kappa shape index (κ1) is 21.0. The molecule has 1 aromatic carbocycles. The van der Waals surface area contributed by atoms with E-state index in [1.54, 1.807) is 36.7 Å². The average Bonchev–Trinajstić information content (AvgIpc) is 2.70. The molecule has 2 aromatic rings. The number of hydrogen-bond acceptors (Lipinski definition) is 4. The van der Waals surface area contributed by atoms with Crippen LogP contribution in [0.4, 0.5) is 0 Å². The van der Waals surface area contributed by atoms with Crippen LogP contribution >= 0.6 is 23.2 Å². The summed E-state index contributed by atoms with van der Waals surface area (Å²) in [6.45, 7) is 0.908. The molecule has 1 aliphatic rings. The number of pyridine rings is 1. The quantitative estimate of drug-likeness (QED) is 0.745. The lowest BCUT2D eigenvalue weighted by Gasteiger charge is -2.31. The van der Waals surface area contributed by atoms with Crippen molar-refractivity contribution in [1.82, 2.24) is 14.6 Å². The van der Waals surface area contributed by atoms with Crippen LogP contribution in [0.5, 0.6) is 0 Å². The molecule has 0 spiro atoms. The number of halogens is 2. The van der Waals surface area contributed by atoms with Crippen molar-refractivity contribution in [3.05, 3.63) is 63.9 Å². The first-order valence-corrected chi connectivity index (χ1v) is 11.3. The number of carbonyl (C=O) groups excluding carboxylic acids is 1. The molecular formula is C19H21Cl2N3O3S. The minimum absolute atomic E-state index is 0.153. The van der Waals surface area contributed by atoms with Crippen LogP contribution in [0.3, 0.4) is 0 Å². The van der Waals surface area contributed by atoms with Crippen molar-refractivity contribution in [3.63, 3.8) is 0 Å². The van der Waals surface area contributed by atoms with Crippen molar-refractivity contribution >= 4 is 39.1 Å². The number of carbonyl (C=O) groups is 1. The van der Waals surface area contributed by atoms with Gasteiger partial charge in [0.15, 0.2) is 0 Å². The second kappa shape index (κ2) is 9.22. The summed E-state index contributed by atoms with van der Waals surface area (Å²) in [4.78, 5) is 16.5. The van der Waals surface area contributed by atoms with Crippen LogP contribution in [0.2, 0.25) is 10.0 Å². The molecule has 1 saturated heterocycles. The molecule has 0 bridgehead atoms. The third kappa shape index (κ3) is 5.23. The highest BCUT2D eigenvalue weighted by Gasteiger charge is 2.33. The minimum atomic E-state index is -3.64. The molecule has 0 saturated carbocycles. The van der Waals surface area contributed by atoms with Gasteiger partial charge in [0.05, 0.1) is 11.7 Å². The molecule has 1 atom stereocenters. The van der Waals surface area contributed by atoms with E-state index in [2.05, 4.69) is 10.3 Å². The Bertz CT molecular complexity index is 918. The topological polar surface area (TPSA) is 79.4 Å². The molecule has 6 nitrogen and oxygen atoms in total. The van der Waals surface area contributed by atoms with E-state index in [0.717, 1.165) is 5.56 Å². The molecule has 0 aliphatic carbocycles. The van der Waals surface area contributed by atoms with E-state index in [9.17, 15) is 13.2 Å². The molecule has 1 N–H and O–H groups in total. The fourth-order valence-corrected chi connectivity index (χ4v) is 5.55. The first-order chi connectivity index (χ1) is 13.4. The van der Waals surface area contributed by atoms with Crippen molar-refractivity contribution in [2.45, 2.75) is 25.1 Å². The normalized spacial score (nSPS) is 18.0. The van der Waals surface area contributed by atoms with E-state index in [-0.39, 0.29) is 24.1 Å². The van der Waals surface area contributed by atoms with Crippen LogP contribution in [0.1, 0.15) is 24.0 Å². The second-order valence-corrected chi connectivity index (χ2v) is 9.52. The van der Waals surface area contributed by atoms with Crippen LogP contribution in [-0.2, 0) is 27.1 Å². The van der Waals surface area contributed by atoms with E-state index in [0.29, 0.717) is 41.5 Å². The highest BCUT2D eigenvalue weighted by Crippen LogP contribution is 2.29. The molecule has 3 rings (SSSR count). The van der Waals surface area contributed by atoms with Crippen LogP contribution in [0.25, 0.3) is 0 Å². The van der Waals surface area contributed by atoms with Crippen LogP contribution < -0.4 is 5.32 Å². The predicted molar refractivity (Wildman–Crippen MR) is 109 cm³/mol. The molecule has 9 heteroatoms. The molecule has 1 fully saturated rings. The molecule has 0 radical (unpaired) electrons. The molecule has 0 unspecified atom stereocenters. The van der Waals surface area contributed by atoms with Crippen molar-refractivity contribution in [2.24, 2.45) is 5.92 Å². The first-order valence-electron chi connectivity index (χ1n) is 8.94. The highest BCUT2D eigenvalue weighted by molar-refractivity contribution is 7.88. The summed E-state index contributed by atoms with van der Waals surface area (Å²) in [6, 6.07) is 8.57. The van der Waals surface area contributed by atoms with Crippen molar-refractivity contribution in [2.75, 3.05) is 13.1 Å². The Morgan fingerprint density at radius 2 is 1.96 bits per heavy atom. The molecule has 1 aromatic heterocycles.